The Bertz CT molecular complexity index is 2040. The number of methoxy groups -OCH3 is 1. The lowest BCUT2D eigenvalue weighted by molar-refractivity contribution is -0.134. The number of fused-ring (bicyclic) bond motifs is 4. The molecule has 3 aliphatic heterocycles. The number of rotatable bonds is 5. The Kier molecular flexibility index (Phi) is 14.3. The van der Waals surface area contributed by atoms with Crippen molar-refractivity contribution < 1.29 is 28.6 Å². The molecule has 3 amide bonds. The summed E-state index contributed by atoms with van der Waals surface area (Å²) in [4.78, 5) is 59.5. The lowest BCUT2D eigenvalue weighted by atomic mass is 10.0. The normalized spacial score (nSPS) is 21.2. The van der Waals surface area contributed by atoms with Gasteiger partial charge in [0.15, 0.2) is 0 Å². The first-order valence-electron chi connectivity index (χ1n) is 19.6. The quantitative estimate of drug-likeness (QED) is 0.183. The molecule has 3 N–H and O–H groups in total. The molecule has 2 bridgehead atoms. The van der Waals surface area contributed by atoms with Crippen LogP contribution in [-0.2, 0) is 25.6 Å². The van der Waals surface area contributed by atoms with E-state index >= 15 is 0 Å². The summed E-state index contributed by atoms with van der Waals surface area (Å²) in [6, 6.07) is 15.7. The Morgan fingerprint density at radius 1 is 0.879 bits per heavy atom. The van der Waals surface area contributed by atoms with Crippen molar-refractivity contribution in [2.75, 3.05) is 26.8 Å². The maximum absolute atomic E-state index is 13.7. The molecule has 5 heterocycles. The number of benzene rings is 2. The molecule has 1 spiro atoms. The molecule has 2 aromatic carbocycles. The zero-order valence-electron chi connectivity index (χ0n) is 33.7. The van der Waals surface area contributed by atoms with Gasteiger partial charge in [-0.2, -0.15) is 40.5 Å². The van der Waals surface area contributed by atoms with E-state index in [1.54, 1.807) is 0 Å². The molecule has 3 atom stereocenters. The van der Waals surface area contributed by atoms with Gasteiger partial charge in [0.1, 0.15) is 23.3 Å². The summed E-state index contributed by atoms with van der Waals surface area (Å²) in [5, 5.41) is 2.75. The summed E-state index contributed by atoms with van der Waals surface area (Å²) in [5.74, 6) is 1.42. The Balaban J connectivity index is 0.00000214. The predicted octanol–water partition coefficient (Wildman–Crippen LogP) is 8.02. The largest absolute Gasteiger partial charge is 0.453 e. The van der Waals surface area contributed by atoms with Crippen LogP contribution in [0.4, 0.5) is 9.59 Å². The minimum Gasteiger partial charge on any atom is -0.453 e. The zero-order valence-corrected chi connectivity index (χ0v) is 36.7. The van der Waals surface area contributed by atoms with Crippen LogP contribution >= 0.6 is 40.5 Å². The SMILES string of the molecule is COC(=O)N[C@H]1CCCCOCc2[nH]c(nc2-c2ccc(-c3ccc(-c4cnc([C@@H]5CC6(CC6)CN5C(=O)OC(C)(C)C)[nH]4)cc3)cc2)[C@@H]2CCCN2C1=O.S.S.S. The number of ether oxygens (including phenoxy) is 3. The van der Waals surface area contributed by atoms with E-state index < -0.39 is 17.7 Å². The van der Waals surface area contributed by atoms with E-state index in [1.165, 1.54) is 7.11 Å². The molecule has 1 aliphatic carbocycles. The van der Waals surface area contributed by atoms with Gasteiger partial charge in [-0.25, -0.2) is 19.6 Å². The highest BCUT2D eigenvalue weighted by molar-refractivity contribution is 7.59. The number of carbonyl (C=O) groups is 3. The standard InChI is InChI=1S/C42H51N7O6.3H2S/c1-41(2,3)55-40(52)49-25-42(18-19-42)22-34(49)36-43-23-31(44-36)28-14-10-26(11-15-28)27-12-16-29(17-13-27)35-32-24-54-21-6-5-8-30(46-39(51)53-4)38(50)48-20-7-9-33(48)37(45-32)47-35;;;/h10-17,23,30,33-34H,5-9,18-22,24-25H2,1-4H3,(H,43,44)(H,45,47)(H,46,51);3*1H2/t30-,33-,34-;;;/m0.../s1. The number of aromatic amines is 2. The maximum atomic E-state index is 13.7. The fourth-order valence-corrected chi connectivity index (χ4v) is 8.30. The smallest absolute Gasteiger partial charge is 0.410 e. The first kappa shape index (κ1) is 45.0. The van der Waals surface area contributed by atoms with Crippen molar-refractivity contribution in [3.8, 4) is 33.6 Å². The number of hydrogen-bond acceptors (Lipinski definition) is 8. The maximum Gasteiger partial charge on any atom is 0.410 e. The van der Waals surface area contributed by atoms with Gasteiger partial charge in [-0.05, 0) is 94.2 Å². The van der Waals surface area contributed by atoms with E-state index in [0.29, 0.717) is 32.7 Å². The van der Waals surface area contributed by atoms with Crippen molar-refractivity contribution in [2.24, 2.45) is 5.41 Å². The van der Waals surface area contributed by atoms with E-state index in [1.807, 2.05) is 36.8 Å². The summed E-state index contributed by atoms with van der Waals surface area (Å²) in [6.45, 7) is 7.93. The summed E-state index contributed by atoms with van der Waals surface area (Å²) >= 11 is 0. The molecule has 13 nitrogen and oxygen atoms in total. The van der Waals surface area contributed by atoms with Crippen molar-refractivity contribution in [3.05, 3.63) is 72.1 Å². The number of amides is 3. The van der Waals surface area contributed by atoms with Gasteiger partial charge < -0.3 is 34.4 Å². The van der Waals surface area contributed by atoms with Crippen molar-refractivity contribution in [2.45, 2.75) is 102 Å². The van der Waals surface area contributed by atoms with Crippen molar-refractivity contribution in [3.63, 3.8) is 0 Å². The highest BCUT2D eigenvalue weighted by Crippen LogP contribution is 2.58. The Morgan fingerprint density at radius 2 is 1.55 bits per heavy atom. The molecule has 2 saturated heterocycles. The average molecular weight is 852 g/mol. The Hall–Kier alpha value is -4.12. The number of carbonyl (C=O) groups excluding carboxylic acids is 3. The first-order valence-corrected chi connectivity index (χ1v) is 19.6. The number of nitrogens with one attached hydrogen (secondary N) is 3. The van der Waals surface area contributed by atoms with Gasteiger partial charge in [0, 0.05) is 25.3 Å². The molecule has 314 valence electrons. The molecule has 4 aromatic rings. The van der Waals surface area contributed by atoms with E-state index in [0.717, 1.165) is 95.9 Å². The predicted molar refractivity (Wildman–Crippen MR) is 237 cm³/mol. The fourth-order valence-electron chi connectivity index (χ4n) is 8.30. The fraction of sp³-hybridized carbons (Fsp3) is 0.500. The van der Waals surface area contributed by atoms with Crippen molar-refractivity contribution >= 4 is 58.6 Å². The van der Waals surface area contributed by atoms with E-state index in [-0.39, 0.29) is 70.0 Å². The molecule has 3 fully saturated rings. The van der Waals surface area contributed by atoms with Gasteiger partial charge in [0.2, 0.25) is 5.91 Å². The number of aromatic nitrogens is 4. The minimum atomic E-state index is -0.662. The molecule has 0 radical (unpaired) electrons. The monoisotopic (exact) mass is 851 g/mol. The van der Waals surface area contributed by atoms with E-state index in [2.05, 4.69) is 63.8 Å². The third kappa shape index (κ3) is 9.67. The van der Waals surface area contributed by atoms with Crippen LogP contribution < -0.4 is 5.32 Å². The molecule has 4 aliphatic rings. The second kappa shape index (κ2) is 18.4. The van der Waals surface area contributed by atoms with Crippen LogP contribution in [0.15, 0.2) is 54.7 Å². The van der Waals surface area contributed by atoms with E-state index in [4.69, 9.17) is 24.2 Å². The van der Waals surface area contributed by atoms with Crippen LogP contribution in [-0.4, -0.2) is 86.3 Å². The number of hydrogen-bond donors (Lipinski definition) is 3. The number of alkyl carbamates (subject to hydrolysis) is 1. The van der Waals surface area contributed by atoms with Gasteiger partial charge in [-0.3, -0.25) is 9.69 Å². The topological polar surface area (TPSA) is 155 Å². The van der Waals surface area contributed by atoms with Crippen LogP contribution in [0.2, 0.25) is 0 Å². The highest BCUT2D eigenvalue weighted by atomic mass is 32.1. The zero-order chi connectivity index (χ0) is 38.3. The number of imidazole rings is 2. The number of likely N-dealkylation sites (tertiary alicyclic amines) is 1. The van der Waals surface area contributed by atoms with Crippen molar-refractivity contribution in [1.29, 1.82) is 0 Å². The van der Waals surface area contributed by atoms with Crippen LogP contribution in [0.25, 0.3) is 33.6 Å². The molecular formula is C42H57N7O6S3. The van der Waals surface area contributed by atoms with Gasteiger partial charge in [-0.15, -0.1) is 0 Å². The summed E-state index contributed by atoms with van der Waals surface area (Å²) in [5.41, 5.74) is 6.36. The summed E-state index contributed by atoms with van der Waals surface area (Å²) in [7, 11) is 1.31. The van der Waals surface area contributed by atoms with Gasteiger partial charge >= 0.3 is 12.2 Å². The molecule has 1 saturated carbocycles. The molecule has 0 unspecified atom stereocenters. The van der Waals surface area contributed by atoms with Gasteiger partial charge in [-0.1, -0.05) is 48.5 Å². The number of nitrogens with zero attached hydrogens (tertiary/aromatic N) is 4. The molecule has 8 rings (SSSR count). The Labute approximate surface area is 361 Å². The lowest BCUT2D eigenvalue weighted by Crippen LogP contribution is -2.48. The summed E-state index contributed by atoms with van der Waals surface area (Å²) < 4.78 is 16.7. The third-order valence-electron chi connectivity index (χ3n) is 11.4. The van der Waals surface area contributed by atoms with Crippen LogP contribution in [0.1, 0.15) is 102 Å². The Morgan fingerprint density at radius 3 is 2.21 bits per heavy atom. The second-order valence-electron chi connectivity index (χ2n) is 16.5. The lowest BCUT2D eigenvalue weighted by Gasteiger charge is -2.28. The van der Waals surface area contributed by atoms with Gasteiger partial charge in [0.25, 0.3) is 0 Å². The second-order valence-corrected chi connectivity index (χ2v) is 16.5. The van der Waals surface area contributed by atoms with E-state index in [9.17, 15) is 14.4 Å². The van der Waals surface area contributed by atoms with Crippen LogP contribution in [0.5, 0.6) is 0 Å². The first-order chi connectivity index (χ1) is 26.5. The molecule has 2 aromatic heterocycles. The number of H-pyrrole nitrogens is 2. The molecule has 16 heteroatoms. The van der Waals surface area contributed by atoms with Crippen molar-refractivity contribution in [1.82, 2.24) is 35.1 Å². The average Bonchev–Trinajstić information content (AvgIpc) is 3.66. The van der Waals surface area contributed by atoms with Crippen LogP contribution in [0.3, 0.4) is 0 Å². The summed E-state index contributed by atoms with van der Waals surface area (Å²) in [6.07, 6.45) is 7.79. The molecule has 58 heavy (non-hydrogen) atoms. The van der Waals surface area contributed by atoms with Gasteiger partial charge in [0.05, 0.1) is 49.1 Å². The molecular weight excluding hydrogens is 795 g/mol. The minimum absolute atomic E-state index is 0. The third-order valence-corrected chi connectivity index (χ3v) is 11.4. The highest BCUT2D eigenvalue weighted by Gasteiger charge is 2.55. The van der Waals surface area contributed by atoms with Crippen LogP contribution in [0, 0.1) is 5.41 Å².